The molecule has 54 valence electrons. The SMILES string of the molecule is Cc1cccc2cc[c-]nc12. The summed E-state index contributed by atoms with van der Waals surface area (Å²) in [6.45, 7) is 2.06. The lowest BCUT2D eigenvalue weighted by Crippen LogP contribution is -1.80. The molecule has 0 radical (unpaired) electrons. The number of para-hydroxylation sites is 1. The Morgan fingerprint density at radius 2 is 2.18 bits per heavy atom. The van der Waals surface area contributed by atoms with E-state index in [2.05, 4.69) is 30.2 Å². The fourth-order valence-electron chi connectivity index (χ4n) is 1.20. The Balaban J connectivity index is 2.91. The first-order valence-electron chi connectivity index (χ1n) is 3.60. The van der Waals surface area contributed by atoms with Crippen LogP contribution in [0.25, 0.3) is 10.9 Å². The van der Waals surface area contributed by atoms with Crippen molar-refractivity contribution < 1.29 is 0 Å². The zero-order valence-corrected chi connectivity index (χ0v) is 6.33. The highest BCUT2D eigenvalue weighted by Gasteiger charge is 1.85. The Hall–Kier alpha value is -1.37. The minimum atomic E-state index is 1.05. The highest BCUT2D eigenvalue weighted by atomic mass is 14.6. The zero-order valence-electron chi connectivity index (χ0n) is 6.33. The van der Waals surface area contributed by atoms with Crippen LogP contribution in [0.3, 0.4) is 0 Å². The van der Waals surface area contributed by atoms with E-state index in [1.807, 2.05) is 18.2 Å². The van der Waals surface area contributed by atoms with E-state index < -0.39 is 0 Å². The van der Waals surface area contributed by atoms with Crippen molar-refractivity contribution in [1.29, 1.82) is 0 Å². The maximum Gasteiger partial charge on any atom is -0.0406 e. The van der Waals surface area contributed by atoms with Crippen molar-refractivity contribution in [3.63, 3.8) is 0 Å². The van der Waals surface area contributed by atoms with Gasteiger partial charge in [0.15, 0.2) is 0 Å². The summed E-state index contributed by atoms with van der Waals surface area (Å²) in [6.07, 6.45) is 2.83. The van der Waals surface area contributed by atoms with Crippen molar-refractivity contribution in [2.24, 2.45) is 0 Å². The number of aryl methyl sites for hydroxylation is 1. The van der Waals surface area contributed by atoms with Crippen LogP contribution in [0.15, 0.2) is 30.3 Å². The number of hydrogen-bond acceptors (Lipinski definition) is 1. The van der Waals surface area contributed by atoms with Gasteiger partial charge in [-0.3, -0.25) is 0 Å². The highest BCUT2D eigenvalue weighted by Crippen LogP contribution is 2.13. The van der Waals surface area contributed by atoms with Gasteiger partial charge in [-0.1, -0.05) is 30.0 Å². The Bertz CT molecular complexity index is 374. The van der Waals surface area contributed by atoms with Crippen LogP contribution in [0.5, 0.6) is 0 Å². The lowest BCUT2D eigenvalue weighted by atomic mass is 10.1. The first kappa shape index (κ1) is 6.35. The third-order valence-electron chi connectivity index (χ3n) is 1.78. The van der Waals surface area contributed by atoms with Gasteiger partial charge in [0.05, 0.1) is 0 Å². The third-order valence-corrected chi connectivity index (χ3v) is 1.78. The van der Waals surface area contributed by atoms with Gasteiger partial charge < -0.3 is 4.98 Å². The van der Waals surface area contributed by atoms with E-state index in [-0.39, 0.29) is 0 Å². The average Bonchev–Trinajstić information content (AvgIpc) is 2.06. The molecular weight excluding hydrogens is 134 g/mol. The number of aromatic nitrogens is 1. The maximum atomic E-state index is 4.16. The largest absolute Gasteiger partial charge is 0.386 e. The Kier molecular flexibility index (Phi) is 1.35. The number of nitrogens with zero attached hydrogens (tertiary/aromatic N) is 1. The predicted molar refractivity (Wildman–Crippen MR) is 45.3 cm³/mol. The van der Waals surface area contributed by atoms with E-state index in [1.165, 1.54) is 10.9 Å². The summed E-state index contributed by atoms with van der Waals surface area (Å²) in [6, 6.07) is 10.0. The van der Waals surface area contributed by atoms with Gasteiger partial charge in [0.1, 0.15) is 0 Å². The van der Waals surface area contributed by atoms with E-state index in [0.717, 1.165) is 5.52 Å². The summed E-state index contributed by atoms with van der Waals surface area (Å²) in [4.78, 5) is 4.16. The van der Waals surface area contributed by atoms with Crippen LogP contribution >= 0.6 is 0 Å². The van der Waals surface area contributed by atoms with Crippen LogP contribution in [0.2, 0.25) is 0 Å². The monoisotopic (exact) mass is 142 g/mol. The molecular formula is C10H8N-. The van der Waals surface area contributed by atoms with Gasteiger partial charge in [-0.2, -0.15) is 12.1 Å². The molecule has 0 aliphatic heterocycles. The highest BCUT2D eigenvalue weighted by molar-refractivity contribution is 5.81. The van der Waals surface area contributed by atoms with Crippen molar-refractivity contribution in [1.82, 2.24) is 4.98 Å². The number of hydrogen-bond donors (Lipinski definition) is 0. The Morgan fingerprint density at radius 1 is 1.27 bits per heavy atom. The van der Waals surface area contributed by atoms with Gasteiger partial charge in [0.25, 0.3) is 0 Å². The molecule has 1 heteroatoms. The van der Waals surface area contributed by atoms with E-state index in [0.29, 0.717) is 0 Å². The lowest BCUT2D eigenvalue weighted by Gasteiger charge is -2.06. The van der Waals surface area contributed by atoms with Crippen molar-refractivity contribution in [3.05, 3.63) is 42.1 Å². The van der Waals surface area contributed by atoms with Crippen LogP contribution in [0, 0.1) is 13.1 Å². The minimum Gasteiger partial charge on any atom is -0.386 e. The molecule has 2 aromatic rings. The molecule has 2 rings (SSSR count). The van der Waals surface area contributed by atoms with Gasteiger partial charge in [0, 0.05) is 0 Å². The summed E-state index contributed by atoms with van der Waals surface area (Å²) in [7, 11) is 0. The molecule has 0 saturated heterocycles. The fourth-order valence-corrected chi connectivity index (χ4v) is 1.20. The zero-order chi connectivity index (χ0) is 7.68. The summed E-state index contributed by atoms with van der Waals surface area (Å²) in [5, 5.41) is 1.18. The van der Waals surface area contributed by atoms with Gasteiger partial charge in [-0.15, -0.1) is 5.39 Å². The molecule has 0 unspecified atom stereocenters. The molecule has 1 nitrogen and oxygen atoms in total. The number of benzene rings is 1. The van der Waals surface area contributed by atoms with Crippen LogP contribution in [-0.2, 0) is 0 Å². The van der Waals surface area contributed by atoms with Crippen LogP contribution in [-0.4, -0.2) is 4.98 Å². The molecule has 1 aromatic heterocycles. The second-order valence-corrected chi connectivity index (χ2v) is 2.59. The Labute approximate surface area is 65.7 Å². The standard InChI is InChI=1S/C10H8N/c1-8-4-2-5-9-6-3-7-11-10(8)9/h2-6H,1H3/q-1. The van der Waals surface area contributed by atoms with E-state index >= 15 is 0 Å². The van der Waals surface area contributed by atoms with Crippen molar-refractivity contribution >= 4 is 10.9 Å². The van der Waals surface area contributed by atoms with Crippen molar-refractivity contribution in [2.75, 3.05) is 0 Å². The molecule has 0 spiro atoms. The Morgan fingerprint density at radius 3 is 3.00 bits per heavy atom. The average molecular weight is 142 g/mol. The molecule has 0 aliphatic rings. The van der Waals surface area contributed by atoms with E-state index in [1.54, 1.807) is 0 Å². The predicted octanol–water partition coefficient (Wildman–Crippen LogP) is 2.34. The van der Waals surface area contributed by atoms with E-state index in [9.17, 15) is 0 Å². The molecule has 0 aliphatic carbocycles. The second kappa shape index (κ2) is 2.35. The van der Waals surface area contributed by atoms with Gasteiger partial charge >= 0.3 is 0 Å². The van der Waals surface area contributed by atoms with Crippen LogP contribution < -0.4 is 0 Å². The fraction of sp³-hybridized carbons (Fsp3) is 0.100. The minimum absolute atomic E-state index is 1.05. The van der Waals surface area contributed by atoms with Crippen LogP contribution in [0.1, 0.15) is 5.56 Å². The first-order valence-corrected chi connectivity index (χ1v) is 3.60. The third kappa shape index (κ3) is 0.984. The van der Waals surface area contributed by atoms with Crippen molar-refractivity contribution in [2.45, 2.75) is 6.92 Å². The summed E-state index contributed by atoms with van der Waals surface area (Å²) in [5.74, 6) is 0. The van der Waals surface area contributed by atoms with Gasteiger partial charge in [0.2, 0.25) is 0 Å². The van der Waals surface area contributed by atoms with Crippen LogP contribution in [0.4, 0.5) is 0 Å². The normalized spacial score (nSPS) is 10.3. The molecule has 1 heterocycles. The topological polar surface area (TPSA) is 12.9 Å². The van der Waals surface area contributed by atoms with Gasteiger partial charge in [-0.25, -0.2) is 0 Å². The molecule has 0 fully saturated rings. The lowest BCUT2D eigenvalue weighted by molar-refractivity contribution is 1.35. The van der Waals surface area contributed by atoms with Gasteiger partial charge in [-0.05, 0) is 12.4 Å². The quantitative estimate of drug-likeness (QED) is 0.514. The maximum absolute atomic E-state index is 4.16. The summed E-state index contributed by atoms with van der Waals surface area (Å²) in [5.41, 5.74) is 2.26. The molecule has 1 aromatic carbocycles. The molecule has 11 heavy (non-hydrogen) atoms. The molecule has 0 amide bonds. The smallest absolute Gasteiger partial charge is 0.0406 e. The number of fused-ring (bicyclic) bond motifs is 1. The molecule has 0 bridgehead atoms. The molecule has 0 N–H and O–H groups in total. The second-order valence-electron chi connectivity index (χ2n) is 2.59. The van der Waals surface area contributed by atoms with E-state index in [4.69, 9.17) is 0 Å². The summed E-state index contributed by atoms with van der Waals surface area (Å²) >= 11 is 0. The molecule has 0 atom stereocenters. The molecule has 0 saturated carbocycles. The van der Waals surface area contributed by atoms with Crippen molar-refractivity contribution in [3.8, 4) is 0 Å². The number of rotatable bonds is 0. The summed E-state index contributed by atoms with van der Waals surface area (Å²) < 4.78 is 0. The number of pyridine rings is 1. The first-order chi connectivity index (χ1) is 5.38.